The number of rotatable bonds is 4. The van der Waals surface area contributed by atoms with E-state index in [0.717, 1.165) is 6.20 Å². The minimum Gasteiger partial charge on any atom is -0.361 e. The van der Waals surface area contributed by atoms with Crippen LogP contribution in [-0.2, 0) is 27.4 Å². The van der Waals surface area contributed by atoms with Crippen LogP contribution < -0.4 is 10.8 Å². The van der Waals surface area contributed by atoms with E-state index in [0.29, 0.717) is 0 Å². The number of halogens is 10. The van der Waals surface area contributed by atoms with Crippen LogP contribution in [0.4, 0.5) is 39.5 Å². The average Bonchev–Trinajstić information content (AvgIpc) is 3.45. The van der Waals surface area contributed by atoms with Gasteiger partial charge in [-0.25, -0.2) is 5.48 Å². The molecule has 4 rings (SSSR count). The summed E-state index contributed by atoms with van der Waals surface area (Å²) in [6.07, 6.45) is -16.2. The van der Waals surface area contributed by atoms with Gasteiger partial charge in [-0.15, -0.1) is 0 Å². The van der Waals surface area contributed by atoms with E-state index in [1.165, 1.54) is 12.1 Å². The molecule has 39 heavy (non-hydrogen) atoms. The van der Waals surface area contributed by atoms with Gasteiger partial charge in [-0.3, -0.25) is 19.6 Å². The standard InChI is InChI=1S/C22H14ClF9N4O2S/c23-16-11(20(24,25)26)3-10(4-12(16)21(27,28)29)19(22(30,31)32)5-14(34-8-19)9-1-2-13(33-6-9)18(39)35-15-7-38-36-17(15)37/h1-4,6,15H,5,7-8H2,(H,35,39)(H,36,37). The number of pyridine rings is 1. The Morgan fingerprint density at radius 3 is 2.15 bits per heavy atom. The summed E-state index contributed by atoms with van der Waals surface area (Å²) < 4.78 is 124. The molecule has 0 aliphatic carbocycles. The number of nitrogens with zero attached hydrogens (tertiary/aromatic N) is 2. The van der Waals surface area contributed by atoms with E-state index in [-0.39, 0.29) is 40.7 Å². The zero-order valence-electron chi connectivity index (χ0n) is 19.0. The highest BCUT2D eigenvalue weighted by Crippen LogP contribution is 2.51. The van der Waals surface area contributed by atoms with Crippen molar-refractivity contribution < 1.29 is 49.1 Å². The minimum absolute atomic E-state index is 0.0160. The first-order valence-electron chi connectivity index (χ1n) is 10.7. The normalized spacial score (nSPS) is 22.1. The number of carbonyl (C=O) groups is 1. The summed E-state index contributed by atoms with van der Waals surface area (Å²) in [7, 11) is 0. The summed E-state index contributed by atoms with van der Waals surface area (Å²) >= 11 is 10.5. The van der Waals surface area contributed by atoms with Crippen molar-refractivity contribution in [2.75, 3.05) is 13.2 Å². The lowest BCUT2D eigenvalue weighted by Crippen LogP contribution is -2.44. The van der Waals surface area contributed by atoms with Crippen molar-refractivity contribution in [2.45, 2.75) is 36.4 Å². The Morgan fingerprint density at radius 1 is 1.08 bits per heavy atom. The molecule has 0 saturated carbocycles. The van der Waals surface area contributed by atoms with Crippen molar-refractivity contribution in [1.29, 1.82) is 0 Å². The second-order valence-electron chi connectivity index (χ2n) is 8.64. The van der Waals surface area contributed by atoms with Crippen molar-refractivity contribution in [1.82, 2.24) is 15.8 Å². The SMILES string of the molecule is O=C1NOCC1NC(=S)c1ccc(C2=NCC(c3cc(C(F)(F)F)c(Cl)c(C(F)(F)F)c3)(C(F)(F)F)C2)cn1. The van der Waals surface area contributed by atoms with Crippen LogP contribution in [0.1, 0.15) is 34.4 Å². The monoisotopic (exact) mass is 604 g/mol. The summed E-state index contributed by atoms with van der Waals surface area (Å²) in [5.41, 5.74) is -6.51. The lowest BCUT2D eigenvalue weighted by atomic mass is 9.75. The Bertz CT molecular complexity index is 1310. The third kappa shape index (κ3) is 5.54. The van der Waals surface area contributed by atoms with Gasteiger partial charge in [0.05, 0.1) is 28.4 Å². The van der Waals surface area contributed by atoms with Gasteiger partial charge in [0.25, 0.3) is 5.91 Å². The number of thiocarbonyl (C=S) groups is 1. The number of alkyl halides is 9. The van der Waals surface area contributed by atoms with Crippen LogP contribution in [0.3, 0.4) is 0 Å². The van der Waals surface area contributed by atoms with Crippen LogP contribution in [0.25, 0.3) is 0 Å². The summed E-state index contributed by atoms with van der Waals surface area (Å²) in [6.45, 7) is -1.19. The van der Waals surface area contributed by atoms with Crippen molar-refractivity contribution in [3.63, 3.8) is 0 Å². The lowest BCUT2D eigenvalue weighted by Gasteiger charge is -2.33. The van der Waals surface area contributed by atoms with E-state index >= 15 is 0 Å². The van der Waals surface area contributed by atoms with Crippen LogP contribution in [0.15, 0.2) is 35.5 Å². The van der Waals surface area contributed by atoms with Crippen LogP contribution in [-0.4, -0.2) is 47.0 Å². The van der Waals surface area contributed by atoms with E-state index in [2.05, 4.69) is 20.8 Å². The molecule has 0 spiro atoms. The molecule has 17 heteroatoms. The number of hydrogen-bond donors (Lipinski definition) is 2. The van der Waals surface area contributed by atoms with Gasteiger partial charge in [0.1, 0.15) is 23.1 Å². The second kappa shape index (κ2) is 9.89. The molecule has 0 radical (unpaired) electrons. The van der Waals surface area contributed by atoms with Gasteiger partial charge in [-0.05, 0) is 29.8 Å². The quantitative estimate of drug-likeness (QED) is 0.373. The third-order valence-corrected chi connectivity index (χ3v) is 6.90. The number of hydrogen-bond acceptors (Lipinski definition) is 5. The van der Waals surface area contributed by atoms with Crippen molar-refractivity contribution in [3.8, 4) is 0 Å². The number of benzene rings is 1. The molecule has 210 valence electrons. The first-order valence-corrected chi connectivity index (χ1v) is 11.5. The molecule has 2 N–H and O–H groups in total. The Morgan fingerprint density at radius 2 is 1.69 bits per heavy atom. The maximum absolute atomic E-state index is 14.4. The van der Waals surface area contributed by atoms with Crippen LogP contribution in [0, 0.1) is 0 Å². The van der Waals surface area contributed by atoms with Gasteiger partial charge in [-0.2, -0.15) is 39.5 Å². The first kappa shape index (κ1) is 29.0. The Balaban J connectivity index is 1.67. The Kier molecular flexibility index (Phi) is 7.36. The molecule has 1 aromatic heterocycles. The number of nitrogens with one attached hydrogen (secondary N) is 2. The fourth-order valence-corrected chi connectivity index (χ4v) is 4.65. The molecular weight excluding hydrogens is 591 g/mol. The van der Waals surface area contributed by atoms with Gasteiger partial charge in [0.15, 0.2) is 0 Å². The van der Waals surface area contributed by atoms with Gasteiger partial charge in [0.2, 0.25) is 0 Å². The molecule has 1 saturated heterocycles. The number of aromatic nitrogens is 1. The first-order chi connectivity index (χ1) is 17.9. The van der Waals surface area contributed by atoms with Crippen molar-refractivity contribution >= 4 is 40.4 Å². The largest absolute Gasteiger partial charge is 0.417 e. The highest BCUT2D eigenvalue weighted by Gasteiger charge is 2.59. The molecule has 1 amide bonds. The number of aliphatic imine (C=N–C) groups is 1. The van der Waals surface area contributed by atoms with Gasteiger partial charge in [-0.1, -0.05) is 23.8 Å². The maximum Gasteiger partial charge on any atom is 0.417 e. The summed E-state index contributed by atoms with van der Waals surface area (Å²) in [5, 5.41) is 0.937. The van der Waals surface area contributed by atoms with Crippen LogP contribution >= 0.6 is 23.8 Å². The lowest BCUT2D eigenvalue weighted by molar-refractivity contribution is -0.184. The predicted octanol–water partition coefficient (Wildman–Crippen LogP) is 5.16. The predicted molar refractivity (Wildman–Crippen MR) is 122 cm³/mol. The fourth-order valence-electron chi connectivity index (χ4n) is 4.06. The van der Waals surface area contributed by atoms with Crippen LogP contribution in [0.2, 0.25) is 5.02 Å². The number of amides is 1. The summed E-state index contributed by atoms with van der Waals surface area (Å²) in [4.78, 5) is 24.2. The third-order valence-electron chi connectivity index (χ3n) is 6.16. The highest BCUT2D eigenvalue weighted by molar-refractivity contribution is 7.80. The topological polar surface area (TPSA) is 75.6 Å². The molecule has 2 unspecified atom stereocenters. The van der Waals surface area contributed by atoms with E-state index in [4.69, 9.17) is 28.7 Å². The molecule has 2 aromatic rings. The summed E-state index contributed by atoms with van der Waals surface area (Å²) in [6, 6.07) is 1.76. The molecule has 2 aliphatic heterocycles. The van der Waals surface area contributed by atoms with E-state index < -0.39 is 70.6 Å². The molecule has 6 nitrogen and oxygen atoms in total. The zero-order chi connectivity index (χ0) is 29.0. The Hall–Kier alpha value is -2.98. The second-order valence-corrected chi connectivity index (χ2v) is 9.42. The zero-order valence-corrected chi connectivity index (χ0v) is 20.6. The molecule has 1 aromatic carbocycles. The van der Waals surface area contributed by atoms with Gasteiger partial charge in [0, 0.05) is 23.9 Å². The maximum atomic E-state index is 14.4. The fraction of sp³-hybridized carbons (Fsp3) is 0.364. The smallest absolute Gasteiger partial charge is 0.361 e. The average molecular weight is 605 g/mol. The summed E-state index contributed by atoms with van der Waals surface area (Å²) in [5.74, 6) is -0.484. The van der Waals surface area contributed by atoms with Gasteiger partial charge >= 0.3 is 18.5 Å². The molecular formula is C22H14ClF9N4O2S. The molecule has 2 atom stereocenters. The minimum atomic E-state index is -5.46. The number of hydroxylamine groups is 1. The molecule has 3 heterocycles. The van der Waals surface area contributed by atoms with Crippen LogP contribution in [0.5, 0.6) is 0 Å². The molecule has 1 fully saturated rings. The van der Waals surface area contributed by atoms with E-state index in [1.54, 1.807) is 0 Å². The van der Waals surface area contributed by atoms with Crippen molar-refractivity contribution in [2.24, 2.45) is 4.99 Å². The molecule has 2 aliphatic rings. The number of carbonyl (C=O) groups excluding carboxylic acids is 1. The van der Waals surface area contributed by atoms with Gasteiger partial charge < -0.3 is 5.32 Å². The molecule has 0 bridgehead atoms. The van der Waals surface area contributed by atoms with E-state index in [1.807, 2.05) is 0 Å². The van der Waals surface area contributed by atoms with E-state index in [9.17, 15) is 44.3 Å². The Labute approximate surface area is 223 Å². The highest BCUT2D eigenvalue weighted by atomic mass is 35.5. The van der Waals surface area contributed by atoms with Crippen molar-refractivity contribution in [3.05, 3.63) is 63.4 Å².